The van der Waals surface area contributed by atoms with E-state index in [4.69, 9.17) is 4.74 Å². The maximum atomic E-state index is 10.4. The van der Waals surface area contributed by atoms with E-state index in [0.717, 1.165) is 22.1 Å². The van der Waals surface area contributed by atoms with Gasteiger partial charge in [0.05, 0.1) is 12.6 Å². The monoisotopic (exact) mass is 241 g/mol. The van der Waals surface area contributed by atoms with Crippen molar-refractivity contribution >= 4 is 16.9 Å². The molecule has 0 bridgehead atoms. The van der Waals surface area contributed by atoms with E-state index in [1.807, 2.05) is 50.2 Å². The molecule has 0 fully saturated rings. The second-order valence-electron chi connectivity index (χ2n) is 4.69. The Labute approximate surface area is 106 Å². The summed E-state index contributed by atoms with van der Waals surface area (Å²) in [5.41, 5.74) is 0.444. The quantitative estimate of drug-likeness (QED) is 0.610. The Morgan fingerprint density at radius 1 is 1.11 bits per heavy atom. The lowest BCUT2D eigenvalue weighted by Gasteiger charge is -2.18. The van der Waals surface area contributed by atoms with Crippen LogP contribution in [0.2, 0.25) is 0 Å². The van der Waals surface area contributed by atoms with E-state index < -0.39 is 5.54 Å². The van der Waals surface area contributed by atoms with E-state index in [1.54, 1.807) is 13.2 Å². The molecule has 92 valence electrons. The number of carbonyl (C=O) groups excluding carboxylic acids is 1. The molecule has 0 aromatic heterocycles. The van der Waals surface area contributed by atoms with E-state index in [9.17, 15) is 4.79 Å². The van der Waals surface area contributed by atoms with Crippen molar-refractivity contribution < 1.29 is 9.53 Å². The van der Waals surface area contributed by atoms with Crippen LogP contribution in [-0.4, -0.2) is 13.2 Å². The fraction of sp³-hybridized carbons (Fsp3) is 0.267. The van der Waals surface area contributed by atoms with Gasteiger partial charge in [-0.1, -0.05) is 18.2 Å². The number of ether oxygens (including phenoxy) is 1. The molecule has 0 N–H and O–H groups in total. The third-order valence-corrected chi connectivity index (χ3v) is 3.08. The van der Waals surface area contributed by atoms with Gasteiger partial charge in [0.15, 0.2) is 0 Å². The van der Waals surface area contributed by atoms with Crippen LogP contribution in [0.5, 0.6) is 5.75 Å². The zero-order valence-electron chi connectivity index (χ0n) is 10.7. The van der Waals surface area contributed by atoms with Gasteiger partial charge in [0.1, 0.15) is 5.75 Å². The SMILES string of the molecule is COc1ccc2cc(C(C)(C)N=C=O)ccc2c1. The van der Waals surface area contributed by atoms with E-state index in [2.05, 4.69) is 4.99 Å². The third-order valence-electron chi connectivity index (χ3n) is 3.08. The molecule has 18 heavy (non-hydrogen) atoms. The molecule has 2 aromatic rings. The van der Waals surface area contributed by atoms with Crippen molar-refractivity contribution in [2.24, 2.45) is 4.99 Å². The van der Waals surface area contributed by atoms with E-state index in [1.165, 1.54) is 0 Å². The summed E-state index contributed by atoms with van der Waals surface area (Å²) >= 11 is 0. The molecule has 0 amide bonds. The number of hydrogen-bond acceptors (Lipinski definition) is 3. The molecule has 3 heteroatoms. The van der Waals surface area contributed by atoms with Crippen molar-refractivity contribution in [3.05, 3.63) is 42.0 Å². The van der Waals surface area contributed by atoms with Gasteiger partial charge in [-0.2, -0.15) is 4.99 Å². The van der Waals surface area contributed by atoms with Crippen LogP contribution in [0.4, 0.5) is 0 Å². The summed E-state index contributed by atoms with van der Waals surface area (Å²) in [6.07, 6.45) is 1.63. The van der Waals surface area contributed by atoms with Gasteiger partial charge in [-0.15, -0.1) is 0 Å². The van der Waals surface area contributed by atoms with Crippen LogP contribution < -0.4 is 4.74 Å². The highest BCUT2D eigenvalue weighted by atomic mass is 16.5. The first-order valence-corrected chi connectivity index (χ1v) is 5.74. The smallest absolute Gasteiger partial charge is 0.235 e. The Hall–Kier alpha value is -2.12. The fourth-order valence-corrected chi connectivity index (χ4v) is 1.91. The number of hydrogen-bond donors (Lipinski definition) is 0. The van der Waals surface area contributed by atoms with Crippen LogP contribution in [0, 0.1) is 0 Å². The topological polar surface area (TPSA) is 38.7 Å². The summed E-state index contributed by atoms with van der Waals surface area (Å²) in [6, 6.07) is 11.9. The van der Waals surface area contributed by atoms with Crippen LogP contribution in [0.15, 0.2) is 41.4 Å². The van der Waals surface area contributed by atoms with Gasteiger partial charge in [0.25, 0.3) is 0 Å². The number of rotatable bonds is 3. The van der Waals surface area contributed by atoms with Crippen LogP contribution in [0.3, 0.4) is 0 Å². The lowest BCUT2D eigenvalue weighted by molar-refractivity contribution is 0.415. The van der Waals surface area contributed by atoms with Crippen molar-refractivity contribution in [1.82, 2.24) is 0 Å². The van der Waals surface area contributed by atoms with Gasteiger partial charge in [-0.25, -0.2) is 4.79 Å². The predicted octanol–water partition coefficient (Wildman–Crippen LogP) is 3.42. The lowest BCUT2D eigenvalue weighted by atomic mass is 9.93. The number of isocyanates is 1. The van der Waals surface area contributed by atoms with Crippen molar-refractivity contribution in [3.63, 3.8) is 0 Å². The molecule has 0 spiro atoms. The Balaban J connectivity index is 2.54. The van der Waals surface area contributed by atoms with Gasteiger partial charge in [-0.3, -0.25) is 0 Å². The summed E-state index contributed by atoms with van der Waals surface area (Å²) in [4.78, 5) is 14.3. The van der Waals surface area contributed by atoms with E-state index >= 15 is 0 Å². The number of aliphatic imine (C=N–C) groups is 1. The average Bonchev–Trinajstić information content (AvgIpc) is 2.37. The number of methoxy groups -OCH3 is 1. The summed E-state index contributed by atoms with van der Waals surface area (Å²) < 4.78 is 5.19. The molecule has 0 saturated heterocycles. The number of benzene rings is 2. The van der Waals surface area contributed by atoms with Crippen molar-refractivity contribution in [1.29, 1.82) is 0 Å². The fourth-order valence-electron chi connectivity index (χ4n) is 1.91. The zero-order valence-corrected chi connectivity index (χ0v) is 10.7. The highest BCUT2D eigenvalue weighted by Crippen LogP contribution is 2.29. The normalized spacial score (nSPS) is 11.1. The third kappa shape index (κ3) is 2.27. The first-order chi connectivity index (χ1) is 8.56. The highest BCUT2D eigenvalue weighted by molar-refractivity contribution is 5.84. The number of fused-ring (bicyclic) bond motifs is 1. The molecular weight excluding hydrogens is 226 g/mol. The molecule has 0 aliphatic rings. The Kier molecular flexibility index (Phi) is 3.17. The molecule has 0 atom stereocenters. The molecule has 0 unspecified atom stereocenters. The summed E-state index contributed by atoms with van der Waals surface area (Å²) in [7, 11) is 1.65. The molecule has 2 rings (SSSR count). The molecule has 0 saturated carbocycles. The first-order valence-electron chi connectivity index (χ1n) is 5.74. The lowest BCUT2D eigenvalue weighted by Crippen LogP contribution is -2.13. The zero-order chi connectivity index (χ0) is 13.2. The van der Waals surface area contributed by atoms with Crippen molar-refractivity contribution in [2.75, 3.05) is 7.11 Å². The van der Waals surface area contributed by atoms with E-state index in [0.29, 0.717) is 0 Å². The van der Waals surface area contributed by atoms with Gasteiger partial charge in [0.2, 0.25) is 6.08 Å². The molecular formula is C15H15NO2. The molecule has 0 aliphatic heterocycles. The molecule has 3 nitrogen and oxygen atoms in total. The summed E-state index contributed by atoms with van der Waals surface area (Å²) in [5, 5.41) is 2.20. The predicted molar refractivity (Wildman–Crippen MR) is 71.6 cm³/mol. The summed E-state index contributed by atoms with van der Waals surface area (Å²) in [6.45, 7) is 3.78. The Bertz CT molecular complexity index is 625. The largest absolute Gasteiger partial charge is 0.497 e. The second kappa shape index (κ2) is 4.63. The molecule has 2 aromatic carbocycles. The highest BCUT2D eigenvalue weighted by Gasteiger charge is 2.19. The van der Waals surface area contributed by atoms with Gasteiger partial charge >= 0.3 is 0 Å². The van der Waals surface area contributed by atoms with Gasteiger partial charge in [0, 0.05) is 0 Å². The van der Waals surface area contributed by atoms with Crippen LogP contribution in [-0.2, 0) is 10.3 Å². The Morgan fingerprint density at radius 2 is 1.78 bits per heavy atom. The van der Waals surface area contributed by atoms with Crippen LogP contribution in [0.25, 0.3) is 10.8 Å². The van der Waals surface area contributed by atoms with Crippen molar-refractivity contribution in [2.45, 2.75) is 19.4 Å². The maximum absolute atomic E-state index is 10.4. The van der Waals surface area contributed by atoms with Crippen molar-refractivity contribution in [3.8, 4) is 5.75 Å². The van der Waals surface area contributed by atoms with Crippen LogP contribution in [0.1, 0.15) is 19.4 Å². The van der Waals surface area contributed by atoms with Gasteiger partial charge in [-0.05, 0) is 48.4 Å². The molecule has 0 radical (unpaired) electrons. The minimum absolute atomic E-state index is 0.546. The second-order valence-corrected chi connectivity index (χ2v) is 4.69. The number of nitrogens with zero attached hydrogens (tertiary/aromatic N) is 1. The average molecular weight is 241 g/mol. The minimum atomic E-state index is -0.546. The standard InChI is InChI=1S/C15H15NO2/c1-15(2,16-10-17)13-6-4-12-9-14(18-3)7-5-11(12)8-13/h4-9H,1-3H3. The van der Waals surface area contributed by atoms with Gasteiger partial charge < -0.3 is 4.74 Å². The van der Waals surface area contributed by atoms with E-state index in [-0.39, 0.29) is 0 Å². The summed E-state index contributed by atoms with van der Waals surface area (Å²) in [5.74, 6) is 0.834. The molecule has 0 aliphatic carbocycles. The Morgan fingerprint density at radius 3 is 2.44 bits per heavy atom. The molecule has 0 heterocycles. The van der Waals surface area contributed by atoms with Crippen LogP contribution >= 0.6 is 0 Å². The first kappa shape index (κ1) is 12.3. The maximum Gasteiger partial charge on any atom is 0.235 e. The minimum Gasteiger partial charge on any atom is -0.497 e.